The minimum atomic E-state index is 0.449. The standard InChI is InChI=1S/C7H3Cl2NS/c8-5-3-6(9)10-7-4(5)1-2-11-7/h1-3H. The summed E-state index contributed by atoms with van der Waals surface area (Å²) in [6.45, 7) is 0. The van der Waals surface area contributed by atoms with Gasteiger partial charge < -0.3 is 0 Å². The molecule has 0 bridgehead atoms. The Morgan fingerprint density at radius 1 is 1.36 bits per heavy atom. The van der Waals surface area contributed by atoms with Gasteiger partial charge >= 0.3 is 0 Å². The van der Waals surface area contributed by atoms with Gasteiger partial charge in [0.25, 0.3) is 0 Å². The van der Waals surface area contributed by atoms with E-state index in [2.05, 4.69) is 4.98 Å². The minimum Gasteiger partial charge on any atom is -0.225 e. The van der Waals surface area contributed by atoms with Crippen LogP contribution in [0.5, 0.6) is 0 Å². The number of rotatable bonds is 0. The normalized spacial score (nSPS) is 10.7. The molecule has 4 heteroatoms. The van der Waals surface area contributed by atoms with Crippen molar-refractivity contribution in [3.8, 4) is 0 Å². The highest BCUT2D eigenvalue weighted by Crippen LogP contribution is 2.28. The van der Waals surface area contributed by atoms with Crippen LogP contribution in [0, 0.1) is 0 Å². The summed E-state index contributed by atoms with van der Waals surface area (Å²) in [6.07, 6.45) is 0. The molecular formula is C7H3Cl2NS. The molecule has 0 aliphatic heterocycles. The fraction of sp³-hybridized carbons (Fsp3) is 0. The Morgan fingerprint density at radius 3 is 3.00 bits per heavy atom. The van der Waals surface area contributed by atoms with E-state index in [1.807, 2.05) is 11.4 Å². The molecule has 0 spiro atoms. The molecule has 0 aliphatic rings. The second-order valence-electron chi connectivity index (χ2n) is 2.07. The van der Waals surface area contributed by atoms with Crippen molar-refractivity contribution < 1.29 is 0 Å². The topological polar surface area (TPSA) is 12.9 Å². The van der Waals surface area contributed by atoms with Crippen LogP contribution in [-0.2, 0) is 0 Å². The van der Waals surface area contributed by atoms with E-state index < -0.39 is 0 Å². The molecule has 0 aromatic carbocycles. The second kappa shape index (κ2) is 2.63. The molecule has 2 heterocycles. The lowest BCUT2D eigenvalue weighted by atomic mass is 10.3. The number of pyridine rings is 1. The summed E-state index contributed by atoms with van der Waals surface area (Å²) in [5.41, 5.74) is 0. The summed E-state index contributed by atoms with van der Waals surface area (Å²) < 4.78 is 0. The molecule has 0 unspecified atom stereocenters. The van der Waals surface area contributed by atoms with E-state index in [9.17, 15) is 0 Å². The Balaban J connectivity index is 2.91. The maximum absolute atomic E-state index is 5.89. The number of thiophene rings is 1. The predicted molar refractivity (Wildman–Crippen MR) is 49.6 cm³/mol. The average molecular weight is 204 g/mol. The number of nitrogens with zero attached hydrogens (tertiary/aromatic N) is 1. The van der Waals surface area contributed by atoms with E-state index >= 15 is 0 Å². The van der Waals surface area contributed by atoms with Crippen LogP contribution in [0.4, 0.5) is 0 Å². The molecule has 2 rings (SSSR count). The van der Waals surface area contributed by atoms with Gasteiger partial charge in [0.1, 0.15) is 9.98 Å². The molecule has 0 fully saturated rings. The second-order valence-corrected chi connectivity index (χ2v) is 3.76. The van der Waals surface area contributed by atoms with Crippen LogP contribution in [0.25, 0.3) is 10.2 Å². The highest BCUT2D eigenvalue weighted by Gasteiger charge is 2.02. The first-order valence-corrected chi connectivity index (χ1v) is 4.60. The van der Waals surface area contributed by atoms with Crippen molar-refractivity contribution in [2.45, 2.75) is 0 Å². The van der Waals surface area contributed by atoms with E-state index in [1.54, 1.807) is 6.07 Å². The molecule has 0 radical (unpaired) electrons. The van der Waals surface area contributed by atoms with Crippen LogP contribution in [0.1, 0.15) is 0 Å². The van der Waals surface area contributed by atoms with Crippen molar-refractivity contribution >= 4 is 44.8 Å². The zero-order valence-corrected chi connectivity index (χ0v) is 7.67. The number of hydrogen-bond donors (Lipinski definition) is 0. The number of halogens is 2. The Hall–Kier alpha value is -0.310. The summed E-state index contributed by atoms with van der Waals surface area (Å²) >= 11 is 13.1. The molecule has 11 heavy (non-hydrogen) atoms. The van der Waals surface area contributed by atoms with Crippen molar-refractivity contribution in [3.63, 3.8) is 0 Å². The molecule has 0 saturated heterocycles. The van der Waals surface area contributed by atoms with Crippen LogP contribution in [-0.4, -0.2) is 4.98 Å². The van der Waals surface area contributed by atoms with Gasteiger partial charge in [-0.3, -0.25) is 0 Å². The van der Waals surface area contributed by atoms with Gasteiger partial charge in [-0.15, -0.1) is 11.3 Å². The fourth-order valence-corrected chi connectivity index (χ4v) is 2.28. The van der Waals surface area contributed by atoms with E-state index in [-0.39, 0.29) is 0 Å². The molecule has 0 aliphatic carbocycles. The van der Waals surface area contributed by atoms with Gasteiger partial charge in [0.2, 0.25) is 0 Å². The first-order chi connectivity index (χ1) is 5.27. The van der Waals surface area contributed by atoms with Gasteiger partial charge in [-0.1, -0.05) is 23.2 Å². The molecular weight excluding hydrogens is 201 g/mol. The third kappa shape index (κ3) is 1.22. The van der Waals surface area contributed by atoms with E-state index in [4.69, 9.17) is 23.2 Å². The van der Waals surface area contributed by atoms with Crippen LogP contribution in [0.2, 0.25) is 10.2 Å². The quantitative estimate of drug-likeness (QED) is 0.597. The van der Waals surface area contributed by atoms with E-state index in [1.165, 1.54) is 11.3 Å². The van der Waals surface area contributed by atoms with E-state index in [0.717, 1.165) is 10.2 Å². The summed E-state index contributed by atoms with van der Waals surface area (Å²) in [6, 6.07) is 3.59. The Bertz CT molecular complexity index is 396. The van der Waals surface area contributed by atoms with Gasteiger partial charge in [0.15, 0.2) is 0 Å². The Morgan fingerprint density at radius 2 is 2.18 bits per heavy atom. The monoisotopic (exact) mass is 203 g/mol. The highest BCUT2D eigenvalue weighted by molar-refractivity contribution is 7.16. The maximum Gasteiger partial charge on any atom is 0.132 e. The summed E-state index contributed by atoms with van der Waals surface area (Å²) in [5.74, 6) is 0. The largest absolute Gasteiger partial charge is 0.225 e. The van der Waals surface area contributed by atoms with Crippen LogP contribution >= 0.6 is 34.5 Å². The number of hydrogen-bond acceptors (Lipinski definition) is 2. The lowest BCUT2D eigenvalue weighted by Gasteiger charge is -1.92. The smallest absolute Gasteiger partial charge is 0.132 e. The van der Waals surface area contributed by atoms with Crippen molar-refractivity contribution in [1.29, 1.82) is 0 Å². The fourth-order valence-electron chi connectivity index (χ4n) is 0.881. The first kappa shape index (κ1) is 7.35. The van der Waals surface area contributed by atoms with Gasteiger partial charge in [-0.2, -0.15) is 0 Å². The molecule has 2 aromatic rings. The van der Waals surface area contributed by atoms with Crippen molar-refractivity contribution in [1.82, 2.24) is 4.98 Å². The van der Waals surface area contributed by atoms with E-state index in [0.29, 0.717) is 10.2 Å². The Kier molecular flexibility index (Phi) is 1.75. The van der Waals surface area contributed by atoms with Crippen LogP contribution in [0.15, 0.2) is 17.5 Å². The van der Waals surface area contributed by atoms with Gasteiger partial charge in [-0.05, 0) is 17.5 Å². The SMILES string of the molecule is Clc1cc(Cl)c2ccsc2n1. The predicted octanol–water partition coefficient (Wildman–Crippen LogP) is 3.60. The molecule has 56 valence electrons. The average Bonchev–Trinajstić information content (AvgIpc) is 2.34. The van der Waals surface area contributed by atoms with Crippen molar-refractivity contribution in [2.75, 3.05) is 0 Å². The van der Waals surface area contributed by atoms with Crippen LogP contribution < -0.4 is 0 Å². The lowest BCUT2D eigenvalue weighted by molar-refractivity contribution is 1.44. The summed E-state index contributed by atoms with van der Waals surface area (Å²) in [5, 5.41) is 4.03. The molecule has 0 saturated carbocycles. The minimum absolute atomic E-state index is 0.449. The zero-order valence-electron chi connectivity index (χ0n) is 5.34. The summed E-state index contributed by atoms with van der Waals surface area (Å²) in [4.78, 5) is 4.99. The number of fused-ring (bicyclic) bond motifs is 1. The third-order valence-electron chi connectivity index (χ3n) is 1.36. The van der Waals surface area contributed by atoms with Crippen molar-refractivity contribution in [2.24, 2.45) is 0 Å². The lowest BCUT2D eigenvalue weighted by Crippen LogP contribution is -1.74. The maximum atomic E-state index is 5.89. The molecule has 2 aromatic heterocycles. The molecule has 1 nitrogen and oxygen atoms in total. The van der Waals surface area contributed by atoms with Gasteiger partial charge in [0, 0.05) is 5.39 Å². The molecule has 0 amide bonds. The zero-order chi connectivity index (χ0) is 7.84. The molecule has 0 N–H and O–H groups in total. The third-order valence-corrected chi connectivity index (χ3v) is 2.67. The van der Waals surface area contributed by atoms with Crippen molar-refractivity contribution in [3.05, 3.63) is 27.7 Å². The Labute approximate surface area is 77.6 Å². The molecule has 0 atom stereocenters. The highest BCUT2D eigenvalue weighted by atomic mass is 35.5. The van der Waals surface area contributed by atoms with Crippen LogP contribution in [0.3, 0.4) is 0 Å². The van der Waals surface area contributed by atoms with Gasteiger partial charge in [0.05, 0.1) is 5.02 Å². The van der Waals surface area contributed by atoms with Gasteiger partial charge in [-0.25, -0.2) is 4.98 Å². The number of aromatic nitrogens is 1. The summed E-state index contributed by atoms with van der Waals surface area (Å²) in [7, 11) is 0. The first-order valence-electron chi connectivity index (χ1n) is 2.96.